The van der Waals surface area contributed by atoms with E-state index in [1.54, 1.807) is 97.1 Å². The van der Waals surface area contributed by atoms with Crippen LogP contribution in [0.3, 0.4) is 0 Å². The van der Waals surface area contributed by atoms with Gasteiger partial charge in [-0.25, -0.2) is 0 Å². The van der Waals surface area contributed by atoms with E-state index in [-0.39, 0.29) is 22.4 Å². The summed E-state index contributed by atoms with van der Waals surface area (Å²) in [5, 5.41) is 8.94. The quantitative estimate of drug-likeness (QED) is 0.119. The van der Waals surface area contributed by atoms with Crippen molar-refractivity contribution in [3.8, 4) is 5.75 Å². The van der Waals surface area contributed by atoms with E-state index in [2.05, 4.69) is 16.0 Å². The molecule has 0 heterocycles. The minimum atomic E-state index is -0.511. The molecule has 3 amide bonds. The molecule has 214 valence electrons. The maximum Gasteiger partial charge on any atom is 0.272 e. The van der Waals surface area contributed by atoms with Crippen molar-refractivity contribution in [3.63, 3.8) is 0 Å². The van der Waals surface area contributed by atoms with Gasteiger partial charge in [-0.15, -0.1) is 11.8 Å². The number of hydrogen-bond acceptors (Lipinski definition) is 5. The lowest BCUT2D eigenvalue weighted by molar-refractivity contribution is -0.114. The van der Waals surface area contributed by atoms with E-state index in [9.17, 15) is 14.4 Å². The zero-order chi connectivity index (χ0) is 29.9. The number of anilines is 2. The van der Waals surface area contributed by atoms with Crippen molar-refractivity contribution in [2.24, 2.45) is 0 Å². The molecule has 4 rings (SSSR count). The Hall–Kier alpha value is -4.24. The predicted molar refractivity (Wildman–Crippen MR) is 170 cm³/mol. The standard InChI is InChI=1S/C32H27Cl2N3O4S/c1-2-41-24-16-14-21(15-17-24)18-28(37-31(39)22-8-4-3-5-9-22)32(40)35-23-10-6-11-25(19-23)42-20-29(38)36-27-13-7-12-26(33)30(27)34/h3-19H,2,20H2,1H3,(H,35,40)(H,36,38)(H,37,39)/b28-18+. The van der Waals surface area contributed by atoms with Crippen LogP contribution in [0.25, 0.3) is 6.08 Å². The molecular weight excluding hydrogens is 593 g/mol. The molecule has 0 radical (unpaired) electrons. The third kappa shape index (κ3) is 8.88. The predicted octanol–water partition coefficient (Wildman–Crippen LogP) is 7.53. The van der Waals surface area contributed by atoms with Gasteiger partial charge >= 0.3 is 0 Å². The molecule has 0 saturated carbocycles. The molecule has 4 aromatic carbocycles. The largest absolute Gasteiger partial charge is 0.494 e. The number of nitrogens with one attached hydrogen (secondary N) is 3. The van der Waals surface area contributed by atoms with Crippen LogP contribution in [0.2, 0.25) is 10.0 Å². The smallest absolute Gasteiger partial charge is 0.272 e. The van der Waals surface area contributed by atoms with Crippen LogP contribution in [0.4, 0.5) is 11.4 Å². The van der Waals surface area contributed by atoms with Crippen molar-refractivity contribution in [1.82, 2.24) is 5.32 Å². The molecule has 42 heavy (non-hydrogen) atoms. The summed E-state index contributed by atoms with van der Waals surface area (Å²) < 4.78 is 5.49. The number of ether oxygens (including phenoxy) is 1. The number of rotatable bonds is 11. The summed E-state index contributed by atoms with van der Waals surface area (Å²) in [5.74, 6) is -0.381. The van der Waals surface area contributed by atoms with E-state index in [1.807, 2.05) is 13.0 Å². The molecule has 7 nitrogen and oxygen atoms in total. The fourth-order valence-electron chi connectivity index (χ4n) is 3.73. The summed E-state index contributed by atoms with van der Waals surface area (Å²) in [4.78, 5) is 39.5. The first-order chi connectivity index (χ1) is 20.3. The molecular formula is C32H27Cl2N3O4S. The Bertz CT molecular complexity index is 1600. The van der Waals surface area contributed by atoms with Crippen molar-refractivity contribution in [2.75, 3.05) is 23.0 Å². The maximum absolute atomic E-state index is 13.4. The monoisotopic (exact) mass is 619 g/mol. The number of thioether (sulfide) groups is 1. The molecule has 0 bridgehead atoms. The van der Waals surface area contributed by atoms with Gasteiger partial charge in [0.1, 0.15) is 11.4 Å². The molecule has 0 saturated heterocycles. The van der Waals surface area contributed by atoms with Crippen LogP contribution in [0.15, 0.2) is 108 Å². The van der Waals surface area contributed by atoms with Gasteiger partial charge in [-0.3, -0.25) is 14.4 Å². The molecule has 0 spiro atoms. The average Bonchev–Trinajstić information content (AvgIpc) is 3.00. The highest BCUT2D eigenvalue weighted by atomic mass is 35.5. The van der Waals surface area contributed by atoms with Crippen LogP contribution in [-0.2, 0) is 9.59 Å². The molecule has 0 aliphatic heterocycles. The fraction of sp³-hybridized carbons (Fsp3) is 0.0938. The first-order valence-corrected chi connectivity index (χ1v) is 14.7. The highest BCUT2D eigenvalue weighted by Crippen LogP contribution is 2.30. The molecule has 3 N–H and O–H groups in total. The second-order valence-electron chi connectivity index (χ2n) is 8.80. The Kier molecular flexibility index (Phi) is 11.1. The van der Waals surface area contributed by atoms with E-state index >= 15 is 0 Å². The van der Waals surface area contributed by atoms with Crippen LogP contribution in [0, 0.1) is 0 Å². The fourth-order valence-corrected chi connectivity index (χ4v) is 4.84. The number of carbonyl (C=O) groups excluding carboxylic acids is 3. The average molecular weight is 621 g/mol. The van der Waals surface area contributed by atoms with E-state index in [0.717, 1.165) is 4.90 Å². The van der Waals surface area contributed by atoms with Crippen molar-refractivity contribution >= 4 is 70.1 Å². The minimum absolute atomic E-state index is 0.0591. The van der Waals surface area contributed by atoms with Gasteiger partial charge < -0.3 is 20.7 Å². The highest BCUT2D eigenvalue weighted by molar-refractivity contribution is 8.00. The molecule has 0 atom stereocenters. The first-order valence-electron chi connectivity index (χ1n) is 12.9. The van der Waals surface area contributed by atoms with Gasteiger partial charge in [0.25, 0.3) is 11.8 Å². The van der Waals surface area contributed by atoms with Crippen molar-refractivity contribution in [1.29, 1.82) is 0 Å². The Morgan fingerprint density at radius 3 is 2.33 bits per heavy atom. The third-order valence-electron chi connectivity index (χ3n) is 5.72. The Morgan fingerprint density at radius 1 is 0.857 bits per heavy atom. The molecule has 0 fully saturated rings. The Morgan fingerprint density at radius 2 is 1.60 bits per heavy atom. The highest BCUT2D eigenvalue weighted by Gasteiger charge is 2.16. The molecule has 0 unspecified atom stereocenters. The number of halogens is 2. The van der Waals surface area contributed by atoms with Gasteiger partial charge in [0.15, 0.2) is 0 Å². The molecule has 0 aliphatic rings. The number of benzene rings is 4. The second-order valence-corrected chi connectivity index (χ2v) is 10.6. The summed E-state index contributed by atoms with van der Waals surface area (Å²) in [6.45, 7) is 2.43. The van der Waals surface area contributed by atoms with Crippen molar-refractivity contribution in [3.05, 3.63) is 124 Å². The number of amides is 3. The normalized spacial score (nSPS) is 11.0. The van der Waals surface area contributed by atoms with E-state index < -0.39 is 11.8 Å². The SMILES string of the molecule is CCOc1ccc(/C=C(/NC(=O)c2ccccc2)C(=O)Nc2cccc(SCC(=O)Nc3cccc(Cl)c3Cl)c2)cc1. The zero-order valence-corrected chi connectivity index (χ0v) is 24.9. The first kappa shape index (κ1) is 30.7. The van der Waals surface area contributed by atoms with E-state index in [4.69, 9.17) is 27.9 Å². The van der Waals surface area contributed by atoms with E-state index in [1.165, 1.54) is 11.8 Å². The summed E-state index contributed by atoms with van der Waals surface area (Å²) in [7, 11) is 0. The zero-order valence-electron chi connectivity index (χ0n) is 22.5. The maximum atomic E-state index is 13.4. The van der Waals surface area contributed by atoms with Gasteiger partial charge in [-0.1, -0.05) is 65.7 Å². The van der Waals surface area contributed by atoms with Gasteiger partial charge in [0, 0.05) is 16.1 Å². The van der Waals surface area contributed by atoms with Crippen LogP contribution in [0.1, 0.15) is 22.8 Å². The minimum Gasteiger partial charge on any atom is -0.494 e. The Labute approximate surface area is 258 Å². The lowest BCUT2D eigenvalue weighted by Gasteiger charge is -2.12. The van der Waals surface area contributed by atoms with Crippen molar-refractivity contribution in [2.45, 2.75) is 11.8 Å². The van der Waals surface area contributed by atoms with Gasteiger partial charge in [0.2, 0.25) is 5.91 Å². The third-order valence-corrected chi connectivity index (χ3v) is 7.53. The van der Waals surface area contributed by atoms with Gasteiger partial charge in [-0.2, -0.15) is 0 Å². The summed E-state index contributed by atoms with van der Waals surface area (Å²) in [6, 6.07) is 27.9. The van der Waals surface area contributed by atoms with Gasteiger partial charge in [0.05, 0.1) is 28.1 Å². The van der Waals surface area contributed by atoms with Crippen LogP contribution in [-0.4, -0.2) is 30.1 Å². The molecule has 10 heteroatoms. The molecule has 0 aromatic heterocycles. The Balaban J connectivity index is 1.46. The van der Waals surface area contributed by atoms with Crippen molar-refractivity contribution < 1.29 is 19.1 Å². The topological polar surface area (TPSA) is 96.5 Å². The number of carbonyl (C=O) groups is 3. The van der Waals surface area contributed by atoms with E-state index in [0.29, 0.717) is 39.9 Å². The molecule has 4 aromatic rings. The second kappa shape index (κ2) is 15.1. The van der Waals surface area contributed by atoms with Crippen LogP contribution < -0.4 is 20.7 Å². The van der Waals surface area contributed by atoms with Crippen LogP contribution >= 0.6 is 35.0 Å². The summed E-state index contributed by atoms with van der Waals surface area (Å²) in [6.07, 6.45) is 1.59. The lowest BCUT2D eigenvalue weighted by Crippen LogP contribution is -2.30. The summed E-state index contributed by atoms with van der Waals surface area (Å²) >= 11 is 13.5. The molecule has 0 aliphatic carbocycles. The van der Waals surface area contributed by atoms with Crippen LogP contribution in [0.5, 0.6) is 5.75 Å². The van der Waals surface area contributed by atoms with Gasteiger partial charge in [-0.05, 0) is 73.2 Å². The summed E-state index contributed by atoms with van der Waals surface area (Å²) in [5.41, 5.74) is 2.10. The number of hydrogen-bond donors (Lipinski definition) is 3. The lowest BCUT2D eigenvalue weighted by atomic mass is 10.1.